The van der Waals surface area contributed by atoms with Crippen LogP contribution in [-0.4, -0.2) is 0 Å². The smallest absolute Gasteiger partial charge is 0.0142 e. The highest BCUT2D eigenvalue weighted by molar-refractivity contribution is 5.46. The number of fused-ring (bicyclic) bond motifs is 1. The summed E-state index contributed by atoms with van der Waals surface area (Å²) in [5.41, 5.74) is 2.68. The van der Waals surface area contributed by atoms with E-state index in [1.54, 1.807) is 0 Å². The van der Waals surface area contributed by atoms with Crippen molar-refractivity contribution in [2.24, 2.45) is 5.92 Å². The van der Waals surface area contributed by atoms with Gasteiger partial charge in [-0.15, -0.1) is 0 Å². The molecule has 0 amide bonds. The minimum absolute atomic E-state index is 0.476. The molecule has 0 aromatic rings. The van der Waals surface area contributed by atoms with E-state index in [9.17, 15) is 0 Å². The summed E-state index contributed by atoms with van der Waals surface area (Å²) in [5.74, 6) is 0.476. The second kappa shape index (κ2) is 2.98. The Hall–Kier alpha value is -1.30. The van der Waals surface area contributed by atoms with E-state index >= 15 is 0 Å². The maximum Gasteiger partial charge on any atom is 0.0142 e. The van der Waals surface area contributed by atoms with Crippen molar-refractivity contribution in [3.05, 3.63) is 59.8 Å². The van der Waals surface area contributed by atoms with Crippen LogP contribution >= 0.6 is 0 Å². The van der Waals surface area contributed by atoms with Gasteiger partial charge in [0.15, 0.2) is 0 Å². The Morgan fingerprint density at radius 2 is 1.92 bits per heavy atom. The zero-order valence-corrected chi connectivity index (χ0v) is 7.20. The highest BCUT2D eigenvalue weighted by atomic mass is 14.1. The fraction of sp³-hybridized carbons (Fsp3) is 0.167. The van der Waals surface area contributed by atoms with Crippen LogP contribution in [0.15, 0.2) is 59.8 Å². The Morgan fingerprint density at radius 3 is 2.83 bits per heavy atom. The highest BCUT2D eigenvalue weighted by Gasteiger charge is 2.04. The molecule has 0 fully saturated rings. The van der Waals surface area contributed by atoms with Crippen LogP contribution < -0.4 is 0 Å². The van der Waals surface area contributed by atoms with Crippen molar-refractivity contribution in [1.82, 2.24) is 0 Å². The summed E-state index contributed by atoms with van der Waals surface area (Å²) in [6.07, 6.45) is 17.4. The van der Waals surface area contributed by atoms with Gasteiger partial charge < -0.3 is 0 Å². The lowest BCUT2D eigenvalue weighted by atomic mass is 10.0. The topological polar surface area (TPSA) is 0 Å². The van der Waals surface area contributed by atoms with E-state index in [1.807, 2.05) is 0 Å². The Kier molecular flexibility index (Phi) is 1.83. The van der Waals surface area contributed by atoms with Gasteiger partial charge in [0, 0.05) is 5.92 Å². The zero-order chi connectivity index (χ0) is 8.39. The minimum Gasteiger partial charge on any atom is -0.0738 e. The SMILES string of the molecule is CC1=CC=CC2C=CC=CC1=C2. The van der Waals surface area contributed by atoms with Crippen molar-refractivity contribution in [3.63, 3.8) is 0 Å². The molecule has 0 heteroatoms. The van der Waals surface area contributed by atoms with Crippen molar-refractivity contribution in [3.8, 4) is 0 Å². The van der Waals surface area contributed by atoms with Gasteiger partial charge >= 0.3 is 0 Å². The van der Waals surface area contributed by atoms with E-state index in [0.717, 1.165) is 0 Å². The Bertz CT molecular complexity index is 322. The third-order valence-electron chi connectivity index (χ3n) is 2.23. The van der Waals surface area contributed by atoms with Gasteiger partial charge in [-0.3, -0.25) is 0 Å². The molecular formula is C12H12. The summed E-state index contributed by atoms with van der Waals surface area (Å²) in [6, 6.07) is 0. The van der Waals surface area contributed by atoms with E-state index in [2.05, 4.69) is 55.5 Å². The molecule has 0 spiro atoms. The molecule has 0 aliphatic heterocycles. The fourth-order valence-electron chi connectivity index (χ4n) is 1.48. The second-order valence-electron chi connectivity index (χ2n) is 3.18. The Balaban J connectivity index is 2.46. The van der Waals surface area contributed by atoms with Crippen LogP contribution in [0.1, 0.15) is 6.92 Å². The van der Waals surface area contributed by atoms with Crippen molar-refractivity contribution in [1.29, 1.82) is 0 Å². The van der Waals surface area contributed by atoms with Crippen molar-refractivity contribution in [2.45, 2.75) is 6.92 Å². The lowest BCUT2D eigenvalue weighted by molar-refractivity contribution is 1.07. The first kappa shape index (κ1) is 7.35. The first-order valence-electron chi connectivity index (χ1n) is 4.28. The minimum atomic E-state index is 0.476. The van der Waals surface area contributed by atoms with Crippen molar-refractivity contribution < 1.29 is 0 Å². The van der Waals surface area contributed by atoms with Gasteiger partial charge in [0.2, 0.25) is 0 Å². The van der Waals surface area contributed by atoms with E-state index in [0.29, 0.717) is 5.92 Å². The zero-order valence-electron chi connectivity index (χ0n) is 7.20. The molecule has 2 aliphatic carbocycles. The van der Waals surface area contributed by atoms with Gasteiger partial charge in [-0.05, 0) is 18.1 Å². The van der Waals surface area contributed by atoms with Gasteiger partial charge in [0.25, 0.3) is 0 Å². The Labute approximate surface area is 73.3 Å². The molecule has 0 radical (unpaired) electrons. The predicted octanol–water partition coefficient (Wildman–Crippen LogP) is 3.17. The molecule has 2 rings (SSSR count). The average Bonchev–Trinajstić information content (AvgIpc) is 2.38. The normalized spacial score (nSPS) is 25.9. The average molecular weight is 156 g/mol. The summed E-state index contributed by atoms with van der Waals surface area (Å²) < 4.78 is 0. The van der Waals surface area contributed by atoms with Crippen LogP contribution in [0.3, 0.4) is 0 Å². The molecule has 0 saturated carbocycles. The van der Waals surface area contributed by atoms with Crippen LogP contribution in [0.25, 0.3) is 0 Å². The number of allylic oxidation sites excluding steroid dienone is 10. The Morgan fingerprint density at radius 1 is 1.08 bits per heavy atom. The fourth-order valence-corrected chi connectivity index (χ4v) is 1.48. The largest absolute Gasteiger partial charge is 0.0738 e. The molecule has 0 saturated heterocycles. The molecule has 0 N–H and O–H groups in total. The third-order valence-corrected chi connectivity index (χ3v) is 2.23. The first-order valence-corrected chi connectivity index (χ1v) is 4.28. The summed E-state index contributed by atoms with van der Waals surface area (Å²) in [5, 5.41) is 0. The molecule has 12 heavy (non-hydrogen) atoms. The van der Waals surface area contributed by atoms with Gasteiger partial charge in [-0.2, -0.15) is 0 Å². The van der Waals surface area contributed by atoms with E-state index in [4.69, 9.17) is 0 Å². The molecular weight excluding hydrogens is 144 g/mol. The van der Waals surface area contributed by atoms with E-state index in [-0.39, 0.29) is 0 Å². The van der Waals surface area contributed by atoms with Gasteiger partial charge in [0.1, 0.15) is 0 Å². The standard InChI is InChI=1S/C12H12/c1-10-5-4-7-11-6-2-3-8-12(10)9-11/h2-9,11H,1H3. The molecule has 0 aromatic heterocycles. The molecule has 0 nitrogen and oxygen atoms in total. The monoisotopic (exact) mass is 156 g/mol. The van der Waals surface area contributed by atoms with Crippen LogP contribution in [0.4, 0.5) is 0 Å². The lowest BCUT2D eigenvalue weighted by Gasteiger charge is -2.00. The molecule has 2 bridgehead atoms. The van der Waals surface area contributed by atoms with Gasteiger partial charge in [-0.1, -0.05) is 48.6 Å². The van der Waals surface area contributed by atoms with Gasteiger partial charge in [0.05, 0.1) is 0 Å². The van der Waals surface area contributed by atoms with Crippen LogP contribution in [0.2, 0.25) is 0 Å². The molecule has 1 unspecified atom stereocenters. The molecule has 60 valence electrons. The summed E-state index contributed by atoms with van der Waals surface area (Å²) in [6.45, 7) is 2.15. The third kappa shape index (κ3) is 1.33. The molecule has 2 aliphatic rings. The van der Waals surface area contributed by atoms with Crippen LogP contribution in [0.5, 0.6) is 0 Å². The van der Waals surface area contributed by atoms with E-state index in [1.165, 1.54) is 11.1 Å². The van der Waals surface area contributed by atoms with E-state index < -0.39 is 0 Å². The first-order chi connectivity index (χ1) is 5.86. The maximum absolute atomic E-state index is 2.29. The number of rotatable bonds is 0. The molecule has 0 heterocycles. The maximum atomic E-state index is 2.29. The second-order valence-corrected chi connectivity index (χ2v) is 3.18. The predicted molar refractivity (Wildman–Crippen MR) is 52.8 cm³/mol. The summed E-state index contributed by atoms with van der Waals surface area (Å²) in [4.78, 5) is 0. The van der Waals surface area contributed by atoms with Crippen molar-refractivity contribution in [2.75, 3.05) is 0 Å². The van der Waals surface area contributed by atoms with Crippen LogP contribution in [0, 0.1) is 5.92 Å². The molecule has 1 atom stereocenters. The summed E-state index contributed by atoms with van der Waals surface area (Å²) >= 11 is 0. The number of hydrogen-bond acceptors (Lipinski definition) is 0. The van der Waals surface area contributed by atoms with Crippen molar-refractivity contribution >= 4 is 0 Å². The molecule has 0 aromatic carbocycles. The van der Waals surface area contributed by atoms with Gasteiger partial charge in [-0.25, -0.2) is 0 Å². The highest BCUT2D eigenvalue weighted by Crippen LogP contribution is 2.21. The van der Waals surface area contributed by atoms with Crippen LogP contribution in [-0.2, 0) is 0 Å². The summed E-state index contributed by atoms with van der Waals surface area (Å²) in [7, 11) is 0. The lowest BCUT2D eigenvalue weighted by Crippen LogP contribution is -1.85. The number of hydrogen-bond donors (Lipinski definition) is 0. The quantitative estimate of drug-likeness (QED) is 0.505.